The van der Waals surface area contributed by atoms with Gasteiger partial charge in [-0.25, -0.2) is 18.1 Å². The molecule has 1 aliphatic rings. The number of rotatable bonds is 6. The smallest absolute Gasteiger partial charge is 0.213 e. The molecular formula is C15H21N3O3S. The zero-order valence-corrected chi connectivity index (χ0v) is 13.4. The van der Waals surface area contributed by atoms with Crippen LogP contribution in [0.3, 0.4) is 0 Å². The summed E-state index contributed by atoms with van der Waals surface area (Å²) in [7, 11) is -3.34. The number of aryl methyl sites for hydroxylation is 1. The highest BCUT2D eigenvalue weighted by molar-refractivity contribution is 7.89. The lowest BCUT2D eigenvalue weighted by molar-refractivity contribution is 0.0902. The molecular weight excluding hydrogens is 302 g/mol. The van der Waals surface area contributed by atoms with E-state index in [1.165, 1.54) is 0 Å². The normalized spacial score (nSPS) is 20.5. The van der Waals surface area contributed by atoms with Gasteiger partial charge in [0.15, 0.2) is 0 Å². The molecule has 1 N–H and O–H groups in total. The Kier molecular flexibility index (Phi) is 4.46. The Hall–Kier alpha value is -1.44. The molecule has 22 heavy (non-hydrogen) atoms. The molecule has 0 aliphatic carbocycles. The summed E-state index contributed by atoms with van der Waals surface area (Å²) in [6.45, 7) is 2.96. The van der Waals surface area contributed by atoms with E-state index in [4.69, 9.17) is 4.74 Å². The summed E-state index contributed by atoms with van der Waals surface area (Å²) in [6, 6.07) is 7.51. The van der Waals surface area contributed by atoms with Crippen molar-refractivity contribution in [1.82, 2.24) is 14.3 Å². The van der Waals surface area contributed by atoms with E-state index in [1.54, 1.807) is 6.33 Å². The van der Waals surface area contributed by atoms with Gasteiger partial charge in [0.05, 0.1) is 29.2 Å². The molecule has 6 nitrogen and oxygen atoms in total. The average molecular weight is 323 g/mol. The second-order valence-electron chi connectivity index (χ2n) is 5.70. The minimum Gasteiger partial charge on any atom is -0.377 e. The van der Waals surface area contributed by atoms with Gasteiger partial charge in [-0.2, -0.15) is 0 Å². The number of imidazole rings is 1. The summed E-state index contributed by atoms with van der Waals surface area (Å²) >= 11 is 0. The van der Waals surface area contributed by atoms with Crippen molar-refractivity contribution in [1.29, 1.82) is 0 Å². The molecule has 1 aliphatic heterocycles. The van der Waals surface area contributed by atoms with E-state index in [0.717, 1.165) is 30.5 Å². The van der Waals surface area contributed by atoms with Crippen LogP contribution in [0.15, 0.2) is 30.6 Å². The average Bonchev–Trinajstić information content (AvgIpc) is 3.15. The van der Waals surface area contributed by atoms with Gasteiger partial charge in [-0.3, -0.25) is 0 Å². The first-order chi connectivity index (χ1) is 10.6. The molecule has 2 atom stereocenters. The second-order valence-corrected chi connectivity index (χ2v) is 7.58. The lowest BCUT2D eigenvalue weighted by Gasteiger charge is -2.20. The van der Waals surface area contributed by atoms with Crippen molar-refractivity contribution in [3.05, 3.63) is 30.6 Å². The first-order valence-electron chi connectivity index (χ1n) is 7.57. The topological polar surface area (TPSA) is 73.2 Å². The lowest BCUT2D eigenvalue weighted by Crippen LogP contribution is -2.42. The number of aromatic nitrogens is 2. The third kappa shape index (κ3) is 3.48. The van der Waals surface area contributed by atoms with E-state index in [9.17, 15) is 8.42 Å². The van der Waals surface area contributed by atoms with Gasteiger partial charge >= 0.3 is 0 Å². The van der Waals surface area contributed by atoms with Crippen molar-refractivity contribution in [2.45, 2.75) is 38.5 Å². The summed E-state index contributed by atoms with van der Waals surface area (Å²) in [5, 5.41) is 0. The molecule has 1 fully saturated rings. The van der Waals surface area contributed by atoms with Gasteiger partial charge in [0.25, 0.3) is 0 Å². The van der Waals surface area contributed by atoms with Crippen molar-refractivity contribution in [2.24, 2.45) is 0 Å². The highest BCUT2D eigenvalue weighted by Crippen LogP contribution is 2.16. The van der Waals surface area contributed by atoms with Crippen LogP contribution >= 0.6 is 0 Å². The van der Waals surface area contributed by atoms with E-state index in [1.807, 2.05) is 35.8 Å². The second kappa shape index (κ2) is 6.36. The molecule has 0 amide bonds. The molecule has 7 heteroatoms. The molecule has 0 spiro atoms. The molecule has 1 aromatic heterocycles. The minimum atomic E-state index is -3.34. The molecule has 2 heterocycles. The highest BCUT2D eigenvalue weighted by atomic mass is 32.2. The zero-order valence-electron chi connectivity index (χ0n) is 12.6. The maximum atomic E-state index is 12.2. The van der Waals surface area contributed by atoms with Crippen LogP contribution in [0, 0.1) is 0 Å². The Morgan fingerprint density at radius 1 is 1.45 bits per heavy atom. The van der Waals surface area contributed by atoms with Crippen LogP contribution < -0.4 is 4.72 Å². The fraction of sp³-hybridized carbons (Fsp3) is 0.533. The van der Waals surface area contributed by atoms with Crippen LogP contribution in [0.5, 0.6) is 0 Å². The third-order valence-electron chi connectivity index (χ3n) is 4.02. The Balaban J connectivity index is 1.62. The number of nitrogens with one attached hydrogen (secondary N) is 1. The van der Waals surface area contributed by atoms with Crippen molar-refractivity contribution >= 4 is 21.1 Å². The SMILES string of the molecule is C[C@@H](NS(=O)(=O)CCn1cnc2ccccc21)[C@@H]1CCCO1. The summed E-state index contributed by atoms with van der Waals surface area (Å²) in [5.74, 6) is 0.0322. The fourth-order valence-corrected chi connectivity index (χ4v) is 4.10. The number of sulfonamides is 1. The summed E-state index contributed by atoms with van der Waals surface area (Å²) in [6.07, 6.45) is 3.58. The minimum absolute atomic E-state index is 0.0103. The number of hydrogen-bond donors (Lipinski definition) is 1. The highest BCUT2D eigenvalue weighted by Gasteiger charge is 2.26. The van der Waals surface area contributed by atoms with Crippen LogP contribution in [0.4, 0.5) is 0 Å². The van der Waals surface area contributed by atoms with Gasteiger partial charge in [0, 0.05) is 19.2 Å². The quantitative estimate of drug-likeness (QED) is 0.875. The number of fused-ring (bicyclic) bond motifs is 1. The molecule has 0 saturated carbocycles. The Morgan fingerprint density at radius 3 is 3.05 bits per heavy atom. The Labute approximate surface area is 130 Å². The van der Waals surface area contributed by atoms with Gasteiger partial charge in [-0.15, -0.1) is 0 Å². The molecule has 120 valence electrons. The summed E-state index contributed by atoms with van der Waals surface area (Å²) in [4.78, 5) is 4.27. The van der Waals surface area contributed by atoms with Gasteiger partial charge in [0.2, 0.25) is 10.0 Å². The van der Waals surface area contributed by atoms with Gasteiger partial charge in [-0.05, 0) is 31.9 Å². The number of ether oxygens (including phenoxy) is 1. The number of para-hydroxylation sites is 2. The number of benzene rings is 1. The van der Waals surface area contributed by atoms with E-state index < -0.39 is 10.0 Å². The first kappa shape index (κ1) is 15.5. The number of nitrogens with zero attached hydrogens (tertiary/aromatic N) is 2. The largest absolute Gasteiger partial charge is 0.377 e. The third-order valence-corrected chi connectivity index (χ3v) is 5.47. The Bertz CT molecular complexity index is 735. The van der Waals surface area contributed by atoms with Crippen LogP contribution in [0.2, 0.25) is 0 Å². The van der Waals surface area contributed by atoms with Crippen LogP contribution in [-0.2, 0) is 21.3 Å². The predicted octanol–water partition coefficient (Wildman–Crippen LogP) is 1.52. The lowest BCUT2D eigenvalue weighted by atomic mass is 10.1. The molecule has 2 aromatic rings. The first-order valence-corrected chi connectivity index (χ1v) is 9.22. The molecule has 1 saturated heterocycles. The van der Waals surface area contributed by atoms with Crippen molar-refractivity contribution < 1.29 is 13.2 Å². The Morgan fingerprint density at radius 2 is 2.27 bits per heavy atom. The molecule has 0 radical (unpaired) electrons. The van der Waals surface area contributed by atoms with E-state index in [-0.39, 0.29) is 17.9 Å². The van der Waals surface area contributed by atoms with Gasteiger partial charge < -0.3 is 9.30 Å². The van der Waals surface area contributed by atoms with Crippen molar-refractivity contribution in [3.63, 3.8) is 0 Å². The van der Waals surface area contributed by atoms with Crippen LogP contribution in [-0.4, -0.2) is 42.5 Å². The van der Waals surface area contributed by atoms with E-state index in [2.05, 4.69) is 9.71 Å². The van der Waals surface area contributed by atoms with E-state index in [0.29, 0.717) is 6.54 Å². The molecule has 3 rings (SSSR count). The van der Waals surface area contributed by atoms with Gasteiger partial charge in [0.1, 0.15) is 0 Å². The van der Waals surface area contributed by atoms with Crippen LogP contribution in [0.1, 0.15) is 19.8 Å². The predicted molar refractivity (Wildman–Crippen MR) is 85.1 cm³/mol. The van der Waals surface area contributed by atoms with Crippen LogP contribution in [0.25, 0.3) is 11.0 Å². The molecule has 0 unspecified atom stereocenters. The monoisotopic (exact) mass is 323 g/mol. The number of hydrogen-bond acceptors (Lipinski definition) is 4. The molecule has 0 bridgehead atoms. The maximum Gasteiger partial charge on any atom is 0.213 e. The molecule has 1 aromatic carbocycles. The van der Waals surface area contributed by atoms with Crippen molar-refractivity contribution in [3.8, 4) is 0 Å². The zero-order chi connectivity index (χ0) is 15.6. The fourth-order valence-electron chi connectivity index (χ4n) is 2.82. The maximum absolute atomic E-state index is 12.2. The van der Waals surface area contributed by atoms with Crippen molar-refractivity contribution in [2.75, 3.05) is 12.4 Å². The van der Waals surface area contributed by atoms with Gasteiger partial charge in [-0.1, -0.05) is 12.1 Å². The van der Waals surface area contributed by atoms with E-state index >= 15 is 0 Å². The summed E-state index contributed by atoms with van der Waals surface area (Å²) in [5.41, 5.74) is 1.82. The standard InChI is InChI=1S/C15H21N3O3S/c1-12(15-7-4-9-21-15)17-22(19,20)10-8-18-11-16-13-5-2-3-6-14(13)18/h2-3,5-6,11-12,15,17H,4,7-10H2,1H3/t12-,15+/m1/s1. The summed E-state index contributed by atoms with van der Waals surface area (Å²) < 4.78 is 34.6.